The number of nitrogens with one attached hydrogen (secondary N) is 1. The van der Waals surface area contributed by atoms with Crippen LogP contribution in [0.3, 0.4) is 0 Å². The maximum absolute atomic E-state index is 12.0. The van der Waals surface area contributed by atoms with E-state index in [0.717, 1.165) is 11.1 Å². The van der Waals surface area contributed by atoms with Crippen molar-refractivity contribution in [2.45, 2.75) is 6.92 Å². The maximum atomic E-state index is 12.0. The van der Waals surface area contributed by atoms with Crippen LogP contribution in [0, 0.1) is 6.92 Å². The number of ether oxygens (including phenoxy) is 1. The summed E-state index contributed by atoms with van der Waals surface area (Å²) in [7, 11) is 1.32. The average molecular weight is 301 g/mol. The molecule has 0 aliphatic rings. The van der Waals surface area contributed by atoms with Gasteiger partial charge < -0.3 is 10.1 Å². The highest BCUT2D eigenvalue weighted by atomic mass is 32.1. The van der Waals surface area contributed by atoms with Gasteiger partial charge in [-0.05, 0) is 29.5 Å². The Morgan fingerprint density at radius 2 is 1.95 bits per heavy atom. The molecule has 0 bridgehead atoms. The van der Waals surface area contributed by atoms with E-state index in [1.807, 2.05) is 42.6 Å². The molecule has 0 fully saturated rings. The lowest BCUT2D eigenvalue weighted by Crippen LogP contribution is -2.11. The molecule has 1 N–H and O–H groups in total. The minimum Gasteiger partial charge on any atom is -0.465 e. The third-order valence-corrected chi connectivity index (χ3v) is 3.90. The summed E-state index contributed by atoms with van der Waals surface area (Å²) in [6.45, 7) is 1.83. The van der Waals surface area contributed by atoms with Gasteiger partial charge >= 0.3 is 5.97 Å². The molecule has 1 aromatic carbocycles. The van der Waals surface area contributed by atoms with Gasteiger partial charge in [0.15, 0.2) is 0 Å². The number of benzene rings is 1. The first-order valence-corrected chi connectivity index (χ1v) is 7.20. The molecular formula is C16H15NO3S. The number of aryl methyl sites for hydroxylation is 1. The first kappa shape index (κ1) is 15.0. The average Bonchev–Trinajstić information content (AvgIpc) is 2.86. The highest BCUT2D eigenvalue weighted by Gasteiger charge is 2.17. The molecule has 0 spiro atoms. The summed E-state index contributed by atoms with van der Waals surface area (Å²) in [5, 5.41) is 4.54. The monoisotopic (exact) mass is 301 g/mol. The van der Waals surface area contributed by atoms with Crippen LogP contribution in [-0.2, 0) is 9.53 Å². The number of hydrogen-bond acceptors (Lipinski definition) is 4. The van der Waals surface area contributed by atoms with E-state index < -0.39 is 5.97 Å². The van der Waals surface area contributed by atoms with Crippen LogP contribution in [0.25, 0.3) is 6.08 Å². The number of anilines is 1. The predicted octanol–water partition coefficient (Wildman–Crippen LogP) is 3.50. The van der Waals surface area contributed by atoms with Crippen molar-refractivity contribution in [1.82, 2.24) is 0 Å². The Hall–Kier alpha value is -2.40. The zero-order valence-electron chi connectivity index (χ0n) is 11.8. The quantitative estimate of drug-likeness (QED) is 0.694. The van der Waals surface area contributed by atoms with E-state index in [1.54, 1.807) is 6.08 Å². The van der Waals surface area contributed by atoms with Crippen molar-refractivity contribution in [1.29, 1.82) is 0 Å². The normalized spacial score (nSPS) is 10.6. The Balaban J connectivity index is 2.12. The van der Waals surface area contributed by atoms with Crippen LogP contribution in [-0.4, -0.2) is 19.0 Å². The third-order valence-electron chi connectivity index (χ3n) is 2.82. The second-order valence-electron chi connectivity index (χ2n) is 4.35. The van der Waals surface area contributed by atoms with Crippen molar-refractivity contribution in [2.24, 2.45) is 0 Å². The summed E-state index contributed by atoms with van der Waals surface area (Å²) in [5.41, 5.74) is 2.28. The van der Waals surface area contributed by atoms with E-state index in [0.29, 0.717) is 10.6 Å². The number of thiophene rings is 1. The molecule has 21 heavy (non-hydrogen) atoms. The lowest BCUT2D eigenvalue weighted by atomic mass is 10.2. The van der Waals surface area contributed by atoms with E-state index in [2.05, 4.69) is 5.32 Å². The number of hydrogen-bond donors (Lipinski definition) is 1. The summed E-state index contributed by atoms with van der Waals surface area (Å²) in [6, 6.07) is 9.51. The van der Waals surface area contributed by atoms with Gasteiger partial charge in [0.05, 0.1) is 12.8 Å². The van der Waals surface area contributed by atoms with Gasteiger partial charge in [0.25, 0.3) is 0 Å². The Morgan fingerprint density at radius 1 is 1.24 bits per heavy atom. The summed E-state index contributed by atoms with van der Waals surface area (Å²) < 4.78 is 4.70. The molecular weight excluding hydrogens is 286 g/mol. The Labute approximate surface area is 127 Å². The molecule has 0 radical (unpaired) electrons. The first-order valence-electron chi connectivity index (χ1n) is 6.32. The van der Waals surface area contributed by atoms with Gasteiger partial charge in [-0.15, -0.1) is 11.3 Å². The summed E-state index contributed by atoms with van der Waals surface area (Å²) in [6.07, 6.45) is 3.16. The van der Waals surface area contributed by atoms with Crippen molar-refractivity contribution >= 4 is 35.0 Å². The van der Waals surface area contributed by atoms with E-state index in [4.69, 9.17) is 4.74 Å². The van der Waals surface area contributed by atoms with Gasteiger partial charge in [0, 0.05) is 6.08 Å². The number of amides is 1. The molecule has 0 aliphatic carbocycles. The second-order valence-corrected chi connectivity index (χ2v) is 5.23. The van der Waals surface area contributed by atoms with Crippen LogP contribution in [0.2, 0.25) is 0 Å². The second kappa shape index (κ2) is 6.85. The van der Waals surface area contributed by atoms with E-state index in [1.165, 1.54) is 24.5 Å². The predicted molar refractivity (Wildman–Crippen MR) is 84.5 cm³/mol. The van der Waals surface area contributed by atoms with Crippen molar-refractivity contribution in [2.75, 3.05) is 12.4 Å². The van der Waals surface area contributed by atoms with Gasteiger partial charge in [-0.2, -0.15) is 0 Å². The lowest BCUT2D eigenvalue weighted by Gasteiger charge is -2.04. The van der Waals surface area contributed by atoms with Crippen LogP contribution in [0.4, 0.5) is 5.69 Å². The Bertz CT molecular complexity index is 674. The molecule has 2 aromatic rings. The molecule has 0 saturated heterocycles. The maximum Gasteiger partial charge on any atom is 0.350 e. The van der Waals surface area contributed by atoms with Crippen LogP contribution in [0.15, 0.2) is 41.8 Å². The van der Waals surface area contributed by atoms with Crippen LogP contribution < -0.4 is 5.32 Å². The van der Waals surface area contributed by atoms with Gasteiger partial charge in [0.2, 0.25) is 5.91 Å². The Kier molecular flexibility index (Phi) is 4.90. The zero-order valence-corrected chi connectivity index (χ0v) is 12.6. The van der Waals surface area contributed by atoms with Crippen molar-refractivity contribution < 1.29 is 14.3 Å². The van der Waals surface area contributed by atoms with Crippen LogP contribution >= 0.6 is 11.3 Å². The molecule has 1 aromatic heterocycles. The largest absolute Gasteiger partial charge is 0.465 e. The number of methoxy groups -OCH3 is 1. The highest BCUT2D eigenvalue weighted by molar-refractivity contribution is 7.12. The molecule has 0 unspecified atom stereocenters. The molecule has 1 heterocycles. The fourth-order valence-electron chi connectivity index (χ4n) is 1.74. The smallest absolute Gasteiger partial charge is 0.350 e. The molecule has 0 aliphatic heterocycles. The third kappa shape index (κ3) is 3.79. The van der Waals surface area contributed by atoms with Crippen molar-refractivity contribution in [3.63, 3.8) is 0 Å². The van der Waals surface area contributed by atoms with E-state index >= 15 is 0 Å². The van der Waals surface area contributed by atoms with Gasteiger partial charge in [-0.1, -0.05) is 30.3 Å². The van der Waals surface area contributed by atoms with E-state index in [-0.39, 0.29) is 5.91 Å². The fourth-order valence-corrected chi connectivity index (χ4v) is 2.67. The van der Waals surface area contributed by atoms with E-state index in [9.17, 15) is 9.59 Å². The molecule has 2 rings (SSSR count). The van der Waals surface area contributed by atoms with Crippen LogP contribution in [0.5, 0.6) is 0 Å². The summed E-state index contributed by atoms with van der Waals surface area (Å²) >= 11 is 1.25. The highest BCUT2D eigenvalue weighted by Crippen LogP contribution is 2.28. The lowest BCUT2D eigenvalue weighted by molar-refractivity contribution is -0.111. The summed E-state index contributed by atoms with van der Waals surface area (Å²) in [5.74, 6) is -0.735. The zero-order chi connectivity index (χ0) is 15.2. The number of esters is 1. The van der Waals surface area contributed by atoms with Crippen LogP contribution in [0.1, 0.15) is 20.8 Å². The van der Waals surface area contributed by atoms with Gasteiger partial charge in [-0.25, -0.2) is 4.79 Å². The fraction of sp³-hybridized carbons (Fsp3) is 0.125. The number of carbonyl (C=O) groups excluding carboxylic acids is 2. The van der Waals surface area contributed by atoms with Gasteiger partial charge in [0.1, 0.15) is 4.88 Å². The Morgan fingerprint density at radius 3 is 2.62 bits per heavy atom. The molecule has 1 amide bonds. The molecule has 5 heteroatoms. The topological polar surface area (TPSA) is 55.4 Å². The SMILES string of the molecule is COC(=O)c1scc(C)c1NC(=O)/C=C/c1ccccc1. The van der Waals surface area contributed by atoms with Crippen molar-refractivity contribution in [3.05, 3.63) is 57.8 Å². The van der Waals surface area contributed by atoms with Crippen molar-refractivity contribution in [3.8, 4) is 0 Å². The molecule has 4 nitrogen and oxygen atoms in total. The first-order chi connectivity index (χ1) is 10.1. The summed E-state index contributed by atoms with van der Waals surface area (Å²) in [4.78, 5) is 24.0. The standard InChI is InChI=1S/C16H15NO3S/c1-11-10-21-15(16(19)20-2)14(11)17-13(18)9-8-12-6-4-3-5-7-12/h3-10H,1-2H3,(H,17,18)/b9-8+. The molecule has 108 valence electrons. The molecule has 0 saturated carbocycles. The minimum atomic E-state index is -0.449. The number of rotatable bonds is 4. The van der Waals surface area contributed by atoms with Gasteiger partial charge in [-0.3, -0.25) is 4.79 Å². The number of carbonyl (C=O) groups is 2. The molecule has 0 atom stereocenters. The minimum absolute atomic E-state index is 0.287.